The monoisotopic (exact) mass is 296 g/mol. The number of sulfonamides is 1. The van der Waals surface area contributed by atoms with Crippen LogP contribution >= 0.6 is 0 Å². The summed E-state index contributed by atoms with van der Waals surface area (Å²) in [4.78, 5) is 0.337. The smallest absolute Gasteiger partial charge is 0.242 e. The Bertz CT molecular complexity index is 549. The molecule has 0 atom stereocenters. The molecule has 1 aromatic rings. The average Bonchev–Trinajstić information content (AvgIpc) is 2.84. The quantitative estimate of drug-likeness (QED) is 0.848. The van der Waals surface area contributed by atoms with Gasteiger partial charge in [-0.3, -0.25) is 0 Å². The molecule has 0 unspecified atom stereocenters. The molecule has 1 aromatic carbocycles. The van der Waals surface area contributed by atoms with E-state index in [2.05, 4.69) is 17.0 Å². The number of rotatable bonds is 6. The van der Waals surface area contributed by atoms with E-state index in [1.54, 1.807) is 19.1 Å². The van der Waals surface area contributed by atoms with Crippen LogP contribution in [0.5, 0.6) is 0 Å². The normalized spacial score (nSPS) is 18.1. The first-order valence-corrected chi connectivity index (χ1v) is 8.78. The lowest BCUT2D eigenvalue weighted by Crippen LogP contribution is -2.26. The minimum Gasteiger partial charge on any atom is -0.383 e. The summed E-state index contributed by atoms with van der Waals surface area (Å²) in [5, 5.41) is 3.34. The van der Waals surface area contributed by atoms with E-state index in [9.17, 15) is 8.42 Å². The van der Waals surface area contributed by atoms with E-state index >= 15 is 0 Å². The molecule has 1 aliphatic carbocycles. The van der Waals surface area contributed by atoms with Crippen LogP contribution in [0.3, 0.4) is 0 Å². The number of nitrogens with one attached hydrogen (secondary N) is 2. The van der Waals surface area contributed by atoms with E-state index in [0.717, 1.165) is 6.54 Å². The van der Waals surface area contributed by atoms with Crippen LogP contribution in [0.4, 0.5) is 5.69 Å². The van der Waals surface area contributed by atoms with Gasteiger partial charge in [-0.1, -0.05) is 38.8 Å². The summed E-state index contributed by atoms with van der Waals surface area (Å²) in [7, 11) is -3.42. The van der Waals surface area contributed by atoms with Crippen LogP contribution in [-0.2, 0) is 10.0 Å². The highest BCUT2D eigenvalue weighted by molar-refractivity contribution is 7.89. The van der Waals surface area contributed by atoms with Crippen molar-refractivity contribution in [2.45, 2.75) is 44.4 Å². The number of anilines is 1. The fourth-order valence-corrected chi connectivity index (χ4v) is 4.05. The molecule has 0 amide bonds. The first-order chi connectivity index (χ1) is 9.47. The molecule has 20 heavy (non-hydrogen) atoms. The molecule has 1 saturated carbocycles. The number of hydrogen-bond acceptors (Lipinski definition) is 3. The molecule has 0 spiro atoms. The molecule has 2 rings (SSSR count). The van der Waals surface area contributed by atoms with Gasteiger partial charge >= 0.3 is 0 Å². The molecule has 2 N–H and O–H groups in total. The Morgan fingerprint density at radius 3 is 2.50 bits per heavy atom. The highest BCUT2D eigenvalue weighted by Crippen LogP contribution is 2.37. The lowest BCUT2D eigenvalue weighted by atomic mass is 9.89. The molecule has 0 aliphatic heterocycles. The highest BCUT2D eigenvalue weighted by atomic mass is 32.2. The summed E-state index contributed by atoms with van der Waals surface area (Å²) in [6.45, 7) is 5.28. The molecule has 1 aliphatic rings. The fourth-order valence-electron chi connectivity index (χ4n) is 2.83. The predicted octanol–water partition coefficient (Wildman–Crippen LogP) is 2.98. The molecule has 5 heteroatoms. The van der Waals surface area contributed by atoms with Crippen LogP contribution in [0.25, 0.3) is 0 Å². The fraction of sp³-hybridized carbons (Fsp3) is 0.600. The summed E-state index contributed by atoms with van der Waals surface area (Å²) < 4.78 is 26.9. The van der Waals surface area contributed by atoms with Gasteiger partial charge in [0.25, 0.3) is 0 Å². The molecule has 0 aromatic heterocycles. The maximum atomic E-state index is 12.2. The van der Waals surface area contributed by atoms with Crippen molar-refractivity contribution in [1.82, 2.24) is 4.72 Å². The van der Waals surface area contributed by atoms with E-state index in [-0.39, 0.29) is 5.41 Å². The van der Waals surface area contributed by atoms with Gasteiger partial charge in [-0.25, -0.2) is 13.1 Å². The second-order valence-corrected chi connectivity index (χ2v) is 7.60. The molecule has 112 valence electrons. The Labute approximate surface area is 122 Å². The van der Waals surface area contributed by atoms with E-state index in [0.29, 0.717) is 17.1 Å². The largest absolute Gasteiger partial charge is 0.383 e. The van der Waals surface area contributed by atoms with Crippen molar-refractivity contribution in [2.24, 2.45) is 5.41 Å². The standard InChI is InChI=1S/C15H24N2O2S/c1-3-17-20(18,19)14-9-5-4-8-13(14)16-12-15(2)10-6-7-11-15/h4-5,8-9,16-17H,3,6-7,10-12H2,1-2H3. The lowest BCUT2D eigenvalue weighted by Gasteiger charge is -2.25. The van der Waals surface area contributed by atoms with E-state index in [1.165, 1.54) is 25.7 Å². The number of benzene rings is 1. The zero-order valence-corrected chi connectivity index (χ0v) is 13.1. The van der Waals surface area contributed by atoms with Crippen LogP contribution in [0.1, 0.15) is 39.5 Å². The zero-order chi connectivity index (χ0) is 14.6. The van der Waals surface area contributed by atoms with Crippen LogP contribution in [0.2, 0.25) is 0 Å². The van der Waals surface area contributed by atoms with Crippen molar-refractivity contribution in [3.05, 3.63) is 24.3 Å². The van der Waals surface area contributed by atoms with Crippen LogP contribution in [0, 0.1) is 5.41 Å². The van der Waals surface area contributed by atoms with Crippen molar-refractivity contribution in [2.75, 3.05) is 18.4 Å². The maximum Gasteiger partial charge on any atom is 0.242 e. The summed E-state index contributed by atoms with van der Waals surface area (Å²) in [5.74, 6) is 0. The number of para-hydroxylation sites is 1. The second kappa shape index (κ2) is 6.14. The van der Waals surface area contributed by atoms with Gasteiger partial charge in [-0.05, 0) is 30.4 Å². The third-order valence-electron chi connectivity index (χ3n) is 4.03. The van der Waals surface area contributed by atoms with Crippen LogP contribution < -0.4 is 10.0 Å². The maximum absolute atomic E-state index is 12.2. The second-order valence-electron chi connectivity index (χ2n) is 5.87. The van der Waals surface area contributed by atoms with Gasteiger partial charge in [0.1, 0.15) is 4.90 Å². The summed E-state index contributed by atoms with van der Waals surface area (Å²) in [6, 6.07) is 7.11. The van der Waals surface area contributed by atoms with Crippen molar-refractivity contribution >= 4 is 15.7 Å². The zero-order valence-electron chi connectivity index (χ0n) is 12.3. The Kier molecular flexibility index (Phi) is 4.70. The number of hydrogen-bond donors (Lipinski definition) is 2. The Balaban J connectivity index is 2.16. The molecule has 0 heterocycles. The van der Waals surface area contributed by atoms with E-state index in [1.807, 2.05) is 12.1 Å². The predicted molar refractivity (Wildman–Crippen MR) is 82.4 cm³/mol. The molecule has 1 fully saturated rings. The van der Waals surface area contributed by atoms with Crippen molar-refractivity contribution < 1.29 is 8.42 Å². The lowest BCUT2D eigenvalue weighted by molar-refractivity contribution is 0.362. The van der Waals surface area contributed by atoms with Gasteiger partial charge in [-0.15, -0.1) is 0 Å². The summed E-state index contributed by atoms with van der Waals surface area (Å²) >= 11 is 0. The molecular weight excluding hydrogens is 272 g/mol. The van der Waals surface area contributed by atoms with E-state index < -0.39 is 10.0 Å². The third kappa shape index (κ3) is 3.52. The molecule has 0 radical (unpaired) electrons. The SMILES string of the molecule is CCNS(=O)(=O)c1ccccc1NCC1(C)CCCC1. The van der Waals surface area contributed by atoms with Crippen molar-refractivity contribution in [3.8, 4) is 0 Å². The van der Waals surface area contributed by atoms with Gasteiger partial charge < -0.3 is 5.32 Å². The topological polar surface area (TPSA) is 58.2 Å². The van der Waals surface area contributed by atoms with Crippen molar-refractivity contribution in [1.29, 1.82) is 0 Å². The van der Waals surface area contributed by atoms with Gasteiger partial charge in [0.15, 0.2) is 0 Å². The van der Waals surface area contributed by atoms with Crippen molar-refractivity contribution in [3.63, 3.8) is 0 Å². The minimum absolute atomic E-state index is 0.287. The van der Waals surface area contributed by atoms with Gasteiger partial charge in [0.2, 0.25) is 10.0 Å². The third-order valence-corrected chi connectivity index (χ3v) is 5.63. The minimum atomic E-state index is -3.42. The average molecular weight is 296 g/mol. The first-order valence-electron chi connectivity index (χ1n) is 7.29. The Morgan fingerprint density at radius 2 is 1.85 bits per heavy atom. The Hall–Kier alpha value is -1.07. The molecular formula is C15H24N2O2S. The Morgan fingerprint density at radius 1 is 1.20 bits per heavy atom. The first kappa shape index (κ1) is 15.3. The van der Waals surface area contributed by atoms with Crippen LogP contribution in [0.15, 0.2) is 29.2 Å². The van der Waals surface area contributed by atoms with Gasteiger partial charge in [0.05, 0.1) is 5.69 Å². The van der Waals surface area contributed by atoms with E-state index in [4.69, 9.17) is 0 Å². The summed E-state index contributed by atoms with van der Waals surface area (Å²) in [6.07, 6.45) is 4.97. The van der Waals surface area contributed by atoms with Crippen LogP contribution in [-0.4, -0.2) is 21.5 Å². The van der Waals surface area contributed by atoms with Gasteiger partial charge in [-0.2, -0.15) is 0 Å². The molecule has 0 saturated heterocycles. The van der Waals surface area contributed by atoms with Gasteiger partial charge in [0, 0.05) is 13.1 Å². The highest BCUT2D eigenvalue weighted by Gasteiger charge is 2.29. The molecule has 0 bridgehead atoms. The summed E-state index contributed by atoms with van der Waals surface area (Å²) in [5.41, 5.74) is 0.983. The molecule has 4 nitrogen and oxygen atoms in total.